The minimum atomic E-state index is -5.86. The largest absolute Gasteiger partial charge is 0.462 e. The summed E-state index contributed by atoms with van der Waals surface area (Å²) < 4.78 is 86.8. The third-order valence-corrected chi connectivity index (χ3v) is 3.46. The molecule has 3 unspecified atom stereocenters. The molecule has 0 radical (unpaired) electrons. The van der Waals surface area contributed by atoms with Crippen LogP contribution in [0.15, 0.2) is 12.2 Å². The van der Waals surface area contributed by atoms with Gasteiger partial charge in [-0.15, -0.1) is 0 Å². The molecule has 3 atom stereocenters. The van der Waals surface area contributed by atoms with E-state index in [1.165, 1.54) is 6.92 Å². The molecule has 0 saturated carbocycles. The number of carbonyl (C=O) groups excluding carboxylic acids is 3. The molecule has 0 aromatic heterocycles. The number of alkyl halides is 5. The van der Waals surface area contributed by atoms with E-state index in [0.29, 0.717) is 13.8 Å². The molecule has 7 nitrogen and oxygen atoms in total. The molecule has 1 aliphatic rings. The van der Waals surface area contributed by atoms with Crippen LogP contribution < -0.4 is 0 Å². The summed E-state index contributed by atoms with van der Waals surface area (Å²) in [6, 6.07) is 0. The minimum absolute atomic E-state index is 0.0907. The Bertz CT molecular complexity index is 631. The van der Waals surface area contributed by atoms with Gasteiger partial charge in [0.1, 0.15) is 6.61 Å². The molecule has 1 fully saturated rings. The molecule has 0 aromatic rings. The van der Waals surface area contributed by atoms with Gasteiger partial charge in [0.25, 0.3) is 0 Å². The van der Waals surface area contributed by atoms with E-state index in [1.807, 2.05) is 0 Å². The van der Waals surface area contributed by atoms with Crippen LogP contribution in [-0.4, -0.2) is 55.1 Å². The van der Waals surface area contributed by atoms with Crippen molar-refractivity contribution in [3.8, 4) is 0 Å². The first-order valence-electron chi connectivity index (χ1n) is 7.43. The zero-order chi connectivity index (χ0) is 21.2. The van der Waals surface area contributed by atoms with E-state index >= 15 is 0 Å². The van der Waals surface area contributed by atoms with Gasteiger partial charge in [0.05, 0.1) is 12.5 Å². The van der Waals surface area contributed by atoms with Gasteiger partial charge in [-0.1, -0.05) is 6.58 Å². The molecule has 1 rings (SSSR count). The Kier molecular flexibility index (Phi) is 6.57. The Morgan fingerprint density at radius 1 is 1.15 bits per heavy atom. The lowest BCUT2D eigenvalue weighted by Crippen LogP contribution is -2.72. The van der Waals surface area contributed by atoms with Crippen LogP contribution in [0.25, 0.3) is 0 Å². The molecular formula is C15H17F5O7. The van der Waals surface area contributed by atoms with Crippen molar-refractivity contribution in [2.24, 2.45) is 5.92 Å². The summed E-state index contributed by atoms with van der Waals surface area (Å²) in [6.07, 6.45) is -8.61. The summed E-state index contributed by atoms with van der Waals surface area (Å²) in [5.74, 6) is -15.4. The molecule has 1 aliphatic heterocycles. The van der Waals surface area contributed by atoms with Crippen molar-refractivity contribution < 1.29 is 55.3 Å². The van der Waals surface area contributed by atoms with Crippen LogP contribution in [0.4, 0.5) is 22.0 Å². The molecule has 0 aromatic carbocycles. The lowest BCUT2D eigenvalue weighted by atomic mass is 9.88. The molecule has 1 heterocycles. The molecule has 0 amide bonds. The van der Waals surface area contributed by atoms with Gasteiger partial charge < -0.3 is 18.9 Å². The third kappa shape index (κ3) is 4.54. The highest BCUT2D eigenvalue weighted by Crippen LogP contribution is 2.52. The van der Waals surface area contributed by atoms with Crippen molar-refractivity contribution in [1.82, 2.24) is 0 Å². The second-order valence-electron chi connectivity index (χ2n) is 5.81. The van der Waals surface area contributed by atoms with Crippen molar-refractivity contribution in [3.05, 3.63) is 12.2 Å². The fraction of sp³-hybridized carbons (Fsp3) is 0.667. The molecule has 12 heteroatoms. The van der Waals surface area contributed by atoms with Crippen LogP contribution >= 0.6 is 0 Å². The molecule has 154 valence electrons. The molecule has 0 aliphatic carbocycles. The van der Waals surface area contributed by atoms with E-state index in [2.05, 4.69) is 25.5 Å². The van der Waals surface area contributed by atoms with Gasteiger partial charge in [-0.25, -0.2) is 4.79 Å². The normalized spacial score (nSPS) is 27.4. The number of ether oxygens (including phenoxy) is 4. The lowest BCUT2D eigenvalue weighted by Gasteiger charge is -2.48. The van der Waals surface area contributed by atoms with Gasteiger partial charge in [0.2, 0.25) is 0 Å². The topological polar surface area (TPSA) is 88.1 Å². The van der Waals surface area contributed by atoms with Gasteiger partial charge in [-0.3, -0.25) is 9.59 Å². The molecule has 1 saturated heterocycles. The summed E-state index contributed by atoms with van der Waals surface area (Å²) >= 11 is 0. The van der Waals surface area contributed by atoms with Gasteiger partial charge in [0, 0.05) is 19.4 Å². The minimum Gasteiger partial charge on any atom is -0.462 e. The Morgan fingerprint density at radius 3 is 2.11 bits per heavy atom. The number of hydrogen-bond acceptors (Lipinski definition) is 7. The van der Waals surface area contributed by atoms with Gasteiger partial charge in [-0.05, 0) is 6.92 Å². The standard InChI is InChI=1S/C15H17F5O7/c1-7(2)12(23)24-5-10-6-25-14(15(18,19)20,27-9(4)22)13(16,17)11(10)26-8(3)21/h10-11H,1,5-6H2,2-4H3. The predicted octanol–water partition coefficient (Wildman–Crippen LogP) is 2.14. The van der Waals surface area contributed by atoms with Crippen LogP contribution in [0.2, 0.25) is 0 Å². The lowest BCUT2D eigenvalue weighted by molar-refractivity contribution is -0.461. The van der Waals surface area contributed by atoms with E-state index in [-0.39, 0.29) is 5.57 Å². The van der Waals surface area contributed by atoms with E-state index < -0.39 is 61.0 Å². The second-order valence-corrected chi connectivity index (χ2v) is 5.81. The van der Waals surface area contributed by atoms with E-state index in [9.17, 15) is 36.3 Å². The van der Waals surface area contributed by atoms with Crippen LogP contribution in [0.1, 0.15) is 20.8 Å². The van der Waals surface area contributed by atoms with E-state index in [1.54, 1.807) is 0 Å². The Hall–Kier alpha value is -2.24. The van der Waals surface area contributed by atoms with E-state index in [4.69, 9.17) is 0 Å². The maximum absolute atomic E-state index is 14.8. The SMILES string of the molecule is C=C(C)C(=O)OCC1COC(OC(C)=O)(C(F)(F)F)C(F)(F)C1OC(C)=O. The fourth-order valence-electron chi connectivity index (χ4n) is 2.31. The quantitative estimate of drug-likeness (QED) is 0.300. The molecule has 0 bridgehead atoms. The zero-order valence-electron chi connectivity index (χ0n) is 14.5. The molecule has 0 N–H and O–H groups in total. The van der Waals surface area contributed by atoms with Crippen LogP contribution in [0, 0.1) is 5.92 Å². The first kappa shape index (κ1) is 22.8. The molecule has 27 heavy (non-hydrogen) atoms. The number of esters is 3. The summed E-state index contributed by atoms with van der Waals surface area (Å²) in [4.78, 5) is 33.6. The number of rotatable bonds is 5. The average Bonchev–Trinajstić information content (AvgIpc) is 2.48. The maximum Gasteiger partial charge on any atom is 0.462 e. The molecule has 0 spiro atoms. The van der Waals surface area contributed by atoms with Crippen LogP contribution in [-0.2, 0) is 33.3 Å². The van der Waals surface area contributed by atoms with Gasteiger partial charge in [0.15, 0.2) is 6.10 Å². The van der Waals surface area contributed by atoms with Crippen molar-refractivity contribution in [1.29, 1.82) is 0 Å². The van der Waals surface area contributed by atoms with Crippen LogP contribution in [0.5, 0.6) is 0 Å². The van der Waals surface area contributed by atoms with Gasteiger partial charge >= 0.3 is 35.8 Å². The predicted molar refractivity (Wildman–Crippen MR) is 76.3 cm³/mol. The highest BCUT2D eigenvalue weighted by Gasteiger charge is 2.80. The maximum atomic E-state index is 14.8. The fourth-order valence-corrected chi connectivity index (χ4v) is 2.31. The smallest absolute Gasteiger partial charge is 0.462 e. The summed E-state index contributed by atoms with van der Waals surface area (Å²) in [7, 11) is 0. The summed E-state index contributed by atoms with van der Waals surface area (Å²) in [5, 5.41) is 0. The zero-order valence-corrected chi connectivity index (χ0v) is 14.5. The van der Waals surface area contributed by atoms with Crippen molar-refractivity contribution >= 4 is 17.9 Å². The van der Waals surface area contributed by atoms with E-state index in [0.717, 1.165) is 0 Å². The highest BCUT2D eigenvalue weighted by molar-refractivity contribution is 5.86. The first-order valence-corrected chi connectivity index (χ1v) is 7.43. The summed E-state index contributed by atoms with van der Waals surface area (Å²) in [5.41, 5.74) is -0.0907. The Morgan fingerprint density at radius 2 is 1.70 bits per heavy atom. The van der Waals surface area contributed by atoms with Crippen molar-refractivity contribution in [2.45, 2.75) is 44.8 Å². The highest BCUT2D eigenvalue weighted by atomic mass is 19.4. The van der Waals surface area contributed by atoms with Crippen molar-refractivity contribution in [2.75, 3.05) is 13.2 Å². The first-order chi connectivity index (χ1) is 12.2. The average molecular weight is 404 g/mol. The van der Waals surface area contributed by atoms with Crippen LogP contribution in [0.3, 0.4) is 0 Å². The monoisotopic (exact) mass is 404 g/mol. The second kappa shape index (κ2) is 7.79. The number of hydrogen-bond donors (Lipinski definition) is 0. The molecular weight excluding hydrogens is 387 g/mol. The third-order valence-electron chi connectivity index (χ3n) is 3.46. The van der Waals surface area contributed by atoms with Gasteiger partial charge in [-0.2, -0.15) is 22.0 Å². The number of halogens is 5. The Balaban J connectivity index is 3.31. The van der Waals surface area contributed by atoms with Crippen molar-refractivity contribution in [3.63, 3.8) is 0 Å². The summed E-state index contributed by atoms with van der Waals surface area (Å²) in [6.45, 7) is 3.73. The Labute approximate surface area is 150 Å². The number of carbonyl (C=O) groups is 3.